The maximum absolute atomic E-state index is 9.87. The Labute approximate surface area is 215 Å². The Morgan fingerprint density at radius 1 is 1.32 bits per heavy atom. The van der Waals surface area contributed by atoms with E-state index in [2.05, 4.69) is 21.8 Å². The normalized spacial score (nSPS) is 15.5. The van der Waals surface area contributed by atoms with Crippen LogP contribution in [-0.2, 0) is 6.42 Å². The van der Waals surface area contributed by atoms with Gasteiger partial charge in [0, 0.05) is 35.6 Å². The second kappa shape index (κ2) is 11.3. The summed E-state index contributed by atoms with van der Waals surface area (Å²) in [4.78, 5) is 10.2. The summed E-state index contributed by atoms with van der Waals surface area (Å²) in [5, 5.41) is 21.7. The fourth-order valence-electron chi connectivity index (χ4n) is 4.70. The van der Waals surface area contributed by atoms with Crippen LogP contribution in [0.15, 0.2) is 66.0 Å². The van der Waals surface area contributed by atoms with E-state index in [1.165, 1.54) is 6.42 Å². The average Bonchev–Trinajstić information content (AvgIpc) is 3.58. The van der Waals surface area contributed by atoms with Gasteiger partial charge in [-0.1, -0.05) is 6.92 Å². The van der Waals surface area contributed by atoms with Crippen molar-refractivity contribution in [2.45, 2.75) is 32.2 Å². The number of hydrogen-bond donors (Lipinski definition) is 4. The molecule has 37 heavy (non-hydrogen) atoms. The minimum Gasteiger partial charge on any atom is -0.508 e. The second-order valence-corrected chi connectivity index (χ2v) is 8.92. The maximum atomic E-state index is 9.87. The number of rotatable bonds is 8. The van der Waals surface area contributed by atoms with Crippen LogP contribution in [0.3, 0.4) is 0 Å². The van der Waals surface area contributed by atoms with E-state index in [0.717, 1.165) is 65.2 Å². The minimum atomic E-state index is 0. The Balaban J connectivity index is 0.00000320. The van der Waals surface area contributed by atoms with Gasteiger partial charge in [-0.05, 0) is 61.7 Å². The summed E-state index contributed by atoms with van der Waals surface area (Å²) in [7, 11) is 1.64. The zero-order valence-corrected chi connectivity index (χ0v) is 21.1. The van der Waals surface area contributed by atoms with Gasteiger partial charge in [-0.3, -0.25) is 4.84 Å². The summed E-state index contributed by atoms with van der Waals surface area (Å²) in [5.74, 6) is 0.579. The van der Waals surface area contributed by atoms with Crippen molar-refractivity contribution in [2.24, 2.45) is 10.7 Å². The molecule has 1 aromatic carbocycles. The van der Waals surface area contributed by atoms with Crippen LogP contribution in [0.1, 0.15) is 30.9 Å². The molecule has 0 spiro atoms. The van der Waals surface area contributed by atoms with Crippen LogP contribution >= 0.6 is 0 Å². The van der Waals surface area contributed by atoms with Crippen LogP contribution in [-0.4, -0.2) is 52.3 Å². The number of phenols is 1. The number of aryl methyl sites for hydroxylation is 1. The van der Waals surface area contributed by atoms with Crippen molar-refractivity contribution in [2.75, 3.05) is 25.5 Å². The first-order chi connectivity index (χ1) is 17.6. The van der Waals surface area contributed by atoms with Crippen molar-refractivity contribution in [1.29, 1.82) is 0 Å². The molecule has 194 valence electrons. The standard InChI is InChI=1S/C27H31N7O2.H2O/c1-3-18-13-21(35)9-10-23(18)32-27(28)22-16-31-33-17-19(24-8-4-5-12-34(24)36-2)14-25(33)26(22)30-15-20-7-6-11-29-20;/h4-5,8-10,12-14,16-17,20,29H,3,6-7,11,15H2,1-2H3,(H3-,28,30,31,32,35);1H2/p+1. The van der Waals surface area contributed by atoms with Crippen LogP contribution < -0.4 is 25.9 Å². The fraction of sp³-hybridized carbons (Fsp3) is 0.296. The van der Waals surface area contributed by atoms with E-state index in [1.54, 1.807) is 36.2 Å². The number of aromatic hydroxyl groups is 1. The molecule has 0 amide bonds. The lowest BCUT2D eigenvalue weighted by Crippen LogP contribution is -2.41. The van der Waals surface area contributed by atoms with E-state index in [0.29, 0.717) is 11.9 Å². The Kier molecular flexibility index (Phi) is 7.90. The average molecular weight is 505 g/mol. The Hall–Kier alpha value is -4.15. The molecule has 10 nitrogen and oxygen atoms in total. The molecule has 1 saturated heterocycles. The molecule has 0 bridgehead atoms. The van der Waals surface area contributed by atoms with Crippen molar-refractivity contribution in [1.82, 2.24) is 14.9 Å². The highest BCUT2D eigenvalue weighted by Gasteiger charge is 2.21. The van der Waals surface area contributed by atoms with E-state index < -0.39 is 0 Å². The maximum Gasteiger partial charge on any atom is 0.266 e. The molecule has 3 aromatic heterocycles. The third-order valence-electron chi connectivity index (χ3n) is 6.60. The molecule has 4 heterocycles. The second-order valence-electron chi connectivity index (χ2n) is 8.92. The SMILES string of the molecule is CCc1cc(O)ccc1N=C(N)c1cnn2cc(-c3cccc[n+]3OC)cc2c1NCC1CCCN1.O. The van der Waals surface area contributed by atoms with Crippen LogP contribution in [0.25, 0.3) is 16.8 Å². The first kappa shape index (κ1) is 25.9. The van der Waals surface area contributed by atoms with E-state index in [4.69, 9.17) is 15.6 Å². The highest BCUT2D eigenvalue weighted by Crippen LogP contribution is 2.29. The first-order valence-corrected chi connectivity index (χ1v) is 12.3. The predicted octanol–water partition coefficient (Wildman–Crippen LogP) is 1.99. The number of anilines is 1. The molecule has 0 aliphatic carbocycles. The molecule has 0 saturated carbocycles. The van der Waals surface area contributed by atoms with Gasteiger partial charge in [0.25, 0.3) is 5.69 Å². The van der Waals surface area contributed by atoms with Crippen LogP contribution in [0.4, 0.5) is 11.4 Å². The smallest absolute Gasteiger partial charge is 0.266 e. The zero-order chi connectivity index (χ0) is 25.1. The minimum absolute atomic E-state index is 0. The third kappa shape index (κ3) is 5.35. The number of hydrogen-bond acceptors (Lipinski definition) is 6. The van der Waals surface area contributed by atoms with Crippen molar-refractivity contribution >= 4 is 22.7 Å². The molecule has 1 fully saturated rings. The van der Waals surface area contributed by atoms with E-state index >= 15 is 0 Å². The molecular weight excluding hydrogens is 470 g/mol. The molecule has 10 heteroatoms. The number of phenolic OH excluding ortho intramolecular Hbond substituents is 1. The lowest BCUT2D eigenvalue weighted by atomic mass is 10.1. The van der Waals surface area contributed by atoms with Crippen LogP contribution in [0.2, 0.25) is 0 Å². The summed E-state index contributed by atoms with van der Waals surface area (Å²) >= 11 is 0. The van der Waals surface area contributed by atoms with Crippen molar-refractivity contribution in [3.05, 3.63) is 72.2 Å². The van der Waals surface area contributed by atoms with Gasteiger partial charge in [0.1, 0.15) is 18.7 Å². The number of pyridine rings is 1. The number of nitrogens with zero attached hydrogens (tertiary/aromatic N) is 4. The molecule has 0 radical (unpaired) electrons. The van der Waals surface area contributed by atoms with Gasteiger partial charge in [-0.25, -0.2) is 9.51 Å². The molecule has 5 rings (SSSR count). The first-order valence-electron chi connectivity index (χ1n) is 12.3. The van der Waals surface area contributed by atoms with Gasteiger partial charge < -0.3 is 26.9 Å². The summed E-state index contributed by atoms with van der Waals surface area (Å²) in [6.45, 7) is 3.83. The molecule has 1 aliphatic rings. The molecule has 1 aliphatic heterocycles. The molecular formula is C27H34N7O3+. The van der Waals surface area contributed by atoms with E-state index in [-0.39, 0.29) is 11.2 Å². The van der Waals surface area contributed by atoms with Crippen LogP contribution in [0, 0.1) is 0 Å². The van der Waals surface area contributed by atoms with Gasteiger partial charge in [0.05, 0.1) is 34.2 Å². The lowest BCUT2D eigenvalue weighted by molar-refractivity contribution is -0.876. The Morgan fingerprint density at radius 2 is 2.19 bits per heavy atom. The summed E-state index contributed by atoms with van der Waals surface area (Å²) in [6.07, 6.45) is 8.64. The molecule has 7 N–H and O–H groups in total. The summed E-state index contributed by atoms with van der Waals surface area (Å²) < 4.78 is 3.57. The predicted molar refractivity (Wildman–Crippen MR) is 144 cm³/mol. The summed E-state index contributed by atoms with van der Waals surface area (Å²) in [5.41, 5.74) is 12.6. The van der Waals surface area contributed by atoms with Gasteiger partial charge in [0.15, 0.2) is 0 Å². The third-order valence-corrected chi connectivity index (χ3v) is 6.60. The number of nitrogens with one attached hydrogen (secondary N) is 2. The van der Waals surface area contributed by atoms with E-state index in [1.807, 2.05) is 42.0 Å². The highest BCUT2D eigenvalue weighted by molar-refractivity contribution is 6.06. The lowest BCUT2D eigenvalue weighted by Gasteiger charge is -2.17. The quantitative estimate of drug-likeness (QED) is 0.164. The largest absolute Gasteiger partial charge is 0.508 e. The van der Waals surface area contributed by atoms with E-state index in [9.17, 15) is 5.11 Å². The number of fused-ring (bicyclic) bond motifs is 1. The number of benzene rings is 1. The van der Waals surface area contributed by atoms with Crippen molar-refractivity contribution < 1.29 is 20.2 Å². The number of nitrogens with two attached hydrogens (primary N) is 1. The van der Waals surface area contributed by atoms with Crippen molar-refractivity contribution in [3.63, 3.8) is 0 Å². The number of aromatic nitrogens is 3. The summed E-state index contributed by atoms with van der Waals surface area (Å²) in [6, 6.07) is 13.5. The molecule has 1 unspecified atom stereocenters. The Bertz CT molecular complexity index is 1410. The van der Waals surface area contributed by atoms with Gasteiger partial charge in [-0.15, -0.1) is 0 Å². The Morgan fingerprint density at radius 3 is 2.95 bits per heavy atom. The van der Waals surface area contributed by atoms with Gasteiger partial charge in [0.2, 0.25) is 6.20 Å². The topological polar surface area (TPSA) is 145 Å². The fourth-order valence-corrected chi connectivity index (χ4v) is 4.70. The number of amidine groups is 1. The van der Waals surface area contributed by atoms with Gasteiger partial charge in [-0.2, -0.15) is 5.10 Å². The van der Waals surface area contributed by atoms with Gasteiger partial charge >= 0.3 is 0 Å². The molecule has 1 atom stereocenters. The number of aliphatic imine (C=N–C) groups is 1. The zero-order valence-electron chi connectivity index (χ0n) is 21.1. The highest BCUT2D eigenvalue weighted by atomic mass is 16.6. The monoisotopic (exact) mass is 504 g/mol. The van der Waals surface area contributed by atoms with Crippen LogP contribution in [0.5, 0.6) is 5.75 Å². The van der Waals surface area contributed by atoms with Crippen molar-refractivity contribution in [3.8, 4) is 17.0 Å². The molecule has 4 aromatic rings.